The van der Waals surface area contributed by atoms with Crippen molar-refractivity contribution in [2.24, 2.45) is 0 Å². The quantitative estimate of drug-likeness (QED) is 0.892. The fourth-order valence-corrected chi connectivity index (χ4v) is 3.00. The molecule has 0 radical (unpaired) electrons. The summed E-state index contributed by atoms with van der Waals surface area (Å²) < 4.78 is 5.49. The van der Waals surface area contributed by atoms with Crippen molar-refractivity contribution < 1.29 is 14.3 Å². The zero-order chi connectivity index (χ0) is 17.8. The van der Waals surface area contributed by atoms with Crippen LogP contribution >= 0.6 is 11.6 Å². The summed E-state index contributed by atoms with van der Waals surface area (Å²) in [6, 6.07) is 13.9. The molecule has 1 heterocycles. The molecule has 0 saturated carbocycles. The number of hydrogen-bond donors (Lipinski definition) is 1. The number of anilines is 1. The first-order valence-electron chi connectivity index (χ1n) is 8.17. The van der Waals surface area contributed by atoms with Crippen molar-refractivity contribution >= 4 is 29.1 Å². The predicted octanol–water partition coefficient (Wildman–Crippen LogP) is 3.27. The van der Waals surface area contributed by atoms with Gasteiger partial charge in [-0.15, -0.1) is 0 Å². The number of carbonyl (C=O) groups is 2. The Morgan fingerprint density at radius 2 is 1.96 bits per heavy atom. The molecule has 0 bridgehead atoms. The van der Waals surface area contributed by atoms with E-state index in [4.69, 9.17) is 16.3 Å². The highest BCUT2D eigenvalue weighted by atomic mass is 35.5. The molecule has 25 heavy (non-hydrogen) atoms. The number of benzene rings is 2. The Kier molecular flexibility index (Phi) is 5.24. The molecule has 130 valence electrons. The van der Waals surface area contributed by atoms with Gasteiger partial charge in [-0.2, -0.15) is 0 Å². The van der Waals surface area contributed by atoms with Gasteiger partial charge in [0.25, 0.3) is 5.91 Å². The lowest BCUT2D eigenvalue weighted by atomic mass is 10.1. The zero-order valence-electron chi connectivity index (χ0n) is 13.9. The van der Waals surface area contributed by atoms with Crippen LogP contribution < -0.4 is 15.0 Å². The van der Waals surface area contributed by atoms with Gasteiger partial charge < -0.3 is 15.0 Å². The van der Waals surface area contributed by atoms with Gasteiger partial charge in [-0.05, 0) is 43.3 Å². The van der Waals surface area contributed by atoms with E-state index in [1.165, 1.54) is 0 Å². The summed E-state index contributed by atoms with van der Waals surface area (Å²) >= 11 is 5.89. The van der Waals surface area contributed by atoms with Gasteiger partial charge in [0, 0.05) is 23.7 Å². The summed E-state index contributed by atoms with van der Waals surface area (Å²) in [5.74, 6) is 0.284. The average Bonchev–Trinajstić information content (AvgIpc) is 2.96. The number of halogens is 1. The van der Waals surface area contributed by atoms with E-state index in [0.29, 0.717) is 29.5 Å². The normalized spacial score (nSPS) is 16.8. The van der Waals surface area contributed by atoms with E-state index in [2.05, 4.69) is 5.32 Å². The fourth-order valence-electron chi connectivity index (χ4n) is 2.87. The molecule has 1 aliphatic rings. The molecule has 1 saturated heterocycles. The lowest BCUT2D eigenvalue weighted by Gasteiger charge is -2.18. The average molecular weight is 359 g/mol. The topological polar surface area (TPSA) is 58.6 Å². The molecule has 0 unspecified atom stereocenters. The Bertz CT molecular complexity index is 776. The van der Waals surface area contributed by atoms with Gasteiger partial charge in [0.2, 0.25) is 5.91 Å². The van der Waals surface area contributed by atoms with E-state index in [-0.39, 0.29) is 24.3 Å². The monoisotopic (exact) mass is 358 g/mol. The van der Waals surface area contributed by atoms with Crippen LogP contribution in [0.4, 0.5) is 5.69 Å². The van der Waals surface area contributed by atoms with Gasteiger partial charge in [0.05, 0.1) is 18.2 Å². The first-order valence-corrected chi connectivity index (χ1v) is 8.55. The van der Waals surface area contributed by atoms with E-state index < -0.39 is 0 Å². The number of amides is 2. The molecule has 0 aliphatic carbocycles. The number of hydrogen-bond acceptors (Lipinski definition) is 3. The van der Waals surface area contributed by atoms with Crippen molar-refractivity contribution in [3.05, 3.63) is 59.1 Å². The Hall–Kier alpha value is -2.53. The summed E-state index contributed by atoms with van der Waals surface area (Å²) in [7, 11) is 0. The van der Waals surface area contributed by atoms with E-state index in [1.54, 1.807) is 47.4 Å². The van der Waals surface area contributed by atoms with Crippen molar-refractivity contribution in [1.29, 1.82) is 0 Å². The molecule has 1 fully saturated rings. The maximum Gasteiger partial charge on any atom is 0.255 e. The third-order valence-electron chi connectivity index (χ3n) is 4.03. The van der Waals surface area contributed by atoms with Crippen LogP contribution in [-0.2, 0) is 4.79 Å². The minimum atomic E-state index is -0.245. The number of nitrogens with one attached hydrogen (secondary N) is 1. The fraction of sp³-hybridized carbons (Fsp3) is 0.263. The van der Waals surface area contributed by atoms with Crippen LogP contribution in [0, 0.1) is 0 Å². The Balaban J connectivity index is 1.69. The minimum Gasteiger partial charge on any atom is -0.493 e. The van der Waals surface area contributed by atoms with Crippen molar-refractivity contribution in [2.45, 2.75) is 19.4 Å². The van der Waals surface area contributed by atoms with Crippen LogP contribution in [-0.4, -0.2) is 31.0 Å². The molecule has 2 amide bonds. The molecule has 3 rings (SSSR count). The molecule has 2 aromatic rings. The smallest absolute Gasteiger partial charge is 0.255 e. The first kappa shape index (κ1) is 17.3. The van der Waals surface area contributed by atoms with Crippen molar-refractivity contribution in [3.8, 4) is 5.75 Å². The lowest BCUT2D eigenvalue weighted by molar-refractivity contribution is -0.117. The van der Waals surface area contributed by atoms with Crippen LogP contribution in [0.1, 0.15) is 23.7 Å². The van der Waals surface area contributed by atoms with Gasteiger partial charge in [0.1, 0.15) is 5.75 Å². The predicted molar refractivity (Wildman–Crippen MR) is 97.3 cm³/mol. The molecular weight excluding hydrogens is 340 g/mol. The number of nitrogens with zero attached hydrogens (tertiary/aromatic N) is 1. The van der Waals surface area contributed by atoms with Crippen molar-refractivity contribution in [3.63, 3.8) is 0 Å². The van der Waals surface area contributed by atoms with E-state index in [0.717, 1.165) is 5.69 Å². The van der Waals surface area contributed by atoms with E-state index >= 15 is 0 Å². The second-order valence-corrected chi connectivity index (χ2v) is 6.22. The van der Waals surface area contributed by atoms with Crippen LogP contribution in [0.5, 0.6) is 5.75 Å². The maximum absolute atomic E-state index is 12.6. The number of para-hydroxylation sites is 1. The van der Waals surface area contributed by atoms with Gasteiger partial charge >= 0.3 is 0 Å². The number of carbonyl (C=O) groups excluding carboxylic acids is 2. The second kappa shape index (κ2) is 7.57. The standard InChI is InChI=1S/C19H19ClN2O3/c1-2-25-17-6-4-3-5-16(17)19(24)21-14-11-18(23)22(12-14)15-9-7-13(20)8-10-15/h3-10,14H,2,11-12H2,1H3,(H,21,24)/t14-/m1/s1. The molecule has 1 atom stereocenters. The van der Waals surface area contributed by atoms with Crippen LogP contribution in [0.25, 0.3) is 0 Å². The van der Waals surface area contributed by atoms with Crippen molar-refractivity contribution in [1.82, 2.24) is 5.32 Å². The highest BCUT2D eigenvalue weighted by Gasteiger charge is 2.32. The largest absolute Gasteiger partial charge is 0.493 e. The Labute approximate surface area is 151 Å². The lowest BCUT2D eigenvalue weighted by Crippen LogP contribution is -2.37. The zero-order valence-corrected chi connectivity index (χ0v) is 14.6. The highest BCUT2D eigenvalue weighted by Crippen LogP contribution is 2.24. The van der Waals surface area contributed by atoms with Gasteiger partial charge in [-0.25, -0.2) is 0 Å². The molecule has 6 heteroatoms. The summed E-state index contributed by atoms with van der Waals surface area (Å²) in [4.78, 5) is 26.5. The number of ether oxygens (including phenoxy) is 1. The van der Waals surface area contributed by atoms with Crippen LogP contribution in [0.15, 0.2) is 48.5 Å². The summed E-state index contributed by atoms with van der Waals surface area (Å²) in [6.07, 6.45) is 0.269. The second-order valence-electron chi connectivity index (χ2n) is 5.78. The van der Waals surface area contributed by atoms with Crippen LogP contribution in [0.2, 0.25) is 5.02 Å². The molecule has 0 spiro atoms. The molecular formula is C19H19ClN2O3. The Morgan fingerprint density at radius 3 is 2.68 bits per heavy atom. The summed E-state index contributed by atoms with van der Waals surface area (Å²) in [6.45, 7) is 2.79. The summed E-state index contributed by atoms with van der Waals surface area (Å²) in [5, 5.41) is 3.55. The van der Waals surface area contributed by atoms with Gasteiger partial charge in [-0.3, -0.25) is 9.59 Å². The third-order valence-corrected chi connectivity index (χ3v) is 4.28. The highest BCUT2D eigenvalue weighted by molar-refractivity contribution is 6.30. The van der Waals surface area contributed by atoms with Gasteiger partial charge in [-0.1, -0.05) is 23.7 Å². The van der Waals surface area contributed by atoms with E-state index in [9.17, 15) is 9.59 Å². The third kappa shape index (κ3) is 3.94. The molecule has 1 aliphatic heterocycles. The maximum atomic E-state index is 12.6. The van der Waals surface area contributed by atoms with Crippen LogP contribution in [0.3, 0.4) is 0 Å². The molecule has 0 aromatic heterocycles. The summed E-state index contributed by atoms with van der Waals surface area (Å²) in [5.41, 5.74) is 1.25. The Morgan fingerprint density at radius 1 is 1.24 bits per heavy atom. The molecule has 5 nitrogen and oxygen atoms in total. The minimum absolute atomic E-state index is 0.0225. The van der Waals surface area contributed by atoms with Gasteiger partial charge in [0.15, 0.2) is 0 Å². The molecule has 1 N–H and O–H groups in total. The van der Waals surface area contributed by atoms with Crippen molar-refractivity contribution in [2.75, 3.05) is 18.1 Å². The number of rotatable bonds is 5. The first-order chi connectivity index (χ1) is 12.1. The SMILES string of the molecule is CCOc1ccccc1C(=O)N[C@@H]1CC(=O)N(c2ccc(Cl)cc2)C1. The van der Waals surface area contributed by atoms with E-state index in [1.807, 2.05) is 13.0 Å². The molecule has 2 aromatic carbocycles.